The summed E-state index contributed by atoms with van der Waals surface area (Å²) in [7, 11) is 0. The first kappa shape index (κ1) is 30.8. The first-order chi connectivity index (χ1) is 19.6. The van der Waals surface area contributed by atoms with E-state index in [4.69, 9.17) is 4.74 Å². The van der Waals surface area contributed by atoms with Crippen molar-refractivity contribution in [3.63, 3.8) is 0 Å². The largest absolute Gasteiger partial charge is 0.483 e. The zero-order valence-electron chi connectivity index (χ0n) is 24.2. The summed E-state index contributed by atoms with van der Waals surface area (Å²) in [5, 5.41) is 3.23. The number of carbonyl (C=O) groups excluding carboxylic acids is 2. The second kappa shape index (κ2) is 14.1. The number of amides is 2. The maximum atomic E-state index is 13.9. The summed E-state index contributed by atoms with van der Waals surface area (Å²) in [6.45, 7) is 6.32. The molecule has 1 aliphatic rings. The Labute approximate surface area is 251 Å². The number of hydrogen-bond acceptors (Lipinski definition) is 3. The zero-order chi connectivity index (χ0) is 29.4. The fourth-order valence-electron chi connectivity index (χ4n) is 5.19. The lowest BCUT2D eigenvalue weighted by Crippen LogP contribution is -2.53. The Morgan fingerprint density at radius 1 is 0.976 bits per heavy atom. The van der Waals surface area contributed by atoms with Crippen molar-refractivity contribution in [1.82, 2.24) is 10.2 Å². The maximum Gasteiger partial charge on any atom is 0.261 e. The number of nitrogens with zero attached hydrogens (tertiary/aromatic N) is 1. The molecule has 41 heavy (non-hydrogen) atoms. The number of ether oxygens (including phenoxy) is 1. The highest BCUT2D eigenvalue weighted by atomic mass is 79.9. The summed E-state index contributed by atoms with van der Waals surface area (Å²) in [5.41, 5.74) is 2.80. The average molecular weight is 624 g/mol. The van der Waals surface area contributed by atoms with Crippen LogP contribution in [0.15, 0.2) is 77.3 Å². The first-order valence-corrected chi connectivity index (χ1v) is 15.2. The van der Waals surface area contributed by atoms with E-state index in [1.807, 2.05) is 48.5 Å². The summed E-state index contributed by atoms with van der Waals surface area (Å²) in [4.78, 5) is 29.3. The van der Waals surface area contributed by atoms with Crippen molar-refractivity contribution in [2.45, 2.75) is 83.3 Å². The predicted octanol–water partition coefficient (Wildman–Crippen LogP) is 7.35. The normalized spacial score (nSPS) is 14.8. The zero-order valence-corrected chi connectivity index (χ0v) is 25.8. The standard InChI is InChI=1S/C34H40BrFN2O3/c1-34(2,3)26-16-19-31(29(35)21-26)41-23-32(39)38(22-25-14-17-27(36)18-15-25)30(20-24-10-6-4-7-11-24)33(40)37-28-12-8-5-9-13-28/h4,6-7,10-11,14-19,21,28,30H,5,8-9,12-13,20,22-23H2,1-3H3,(H,37,40)/t30-/m0/s1. The molecule has 7 heteroatoms. The number of hydrogen-bond donors (Lipinski definition) is 1. The molecule has 0 spiro atoms. The van der Waals surface area contributed by atoms with Gasteiger partial charge in [-0.05, 0) is 75.1 Å². The first-order valence-electron chi connectivity index (χ1n) is 14.4. The highest BCUT2D eigenvalue weighted by molar-refractivity contribution is 9.10. The van der Waals surface area contributed by atoms with Gasteiger partial charge < -0.3 is 15.0 Å². The Hall–Kier alpha value is -3.19. The van der Waals surface area contributed by atoms with Crippen LogP contribution in [0.25, 0.3) is 0 Å². The number of carbonyl (C=O) groups is 2. The van der Waals surface area contributed by atoms with E-state index in [0.717, 1.165) is 46.8 Å². The van der Waals surface area contributed by atoms with E-state index in [1.165, 1.54) is 18.6 Å². The van der Waals surface area contributed by atoms with Gasteiger partial charge in [-0.25, -0.2) is 4.39 Å². The minimum absolute atomic E-state index is 0.0286. The van der Waals surface area contributed by atoms with Gasteiger partial charge in [0.2, 0.25) is 5.91 Å². The number of rotatable bonds is 10. The van der Waals surface area contributed by atoms with Gasteiger partial charge in [-0.2, -0.15) is 0 Å². The van der Waals surface area contributed by atoms with Crippen LogP contribution in [0.5, 0.6) is 5.75 Å². The third-order valence-electron chi connectivity index (χ3n) is 7.64. The van der Waals surface area contributed by atoms with Gasteiger partial charge in [-0.3, -0.25) is 9.59 Å². The van der Waals surface area contributed by atoms with Crippen molar-refractivity contribution in [1.29, 1.82) is 0 Å². The molecule has 2 amide bonds. The van der Waals surface area contributed by atoms with E-state index in [0.29, 0.717) is 12.2 Å². The lowest BCUT2D eigenvalue weighted by Gasteiger charge is -2.33. The second-order valence-corrected chi connectivity index (χ2v) is 12.7. The van der Waals surface area contributed by atoms with Crippen LogP contribution in [-0.2, 0) is 28.0 Å². The van der Waals surface area contributed by atoms with Gasteiger partial charge in [0, 0.05) is 19.0 Å². The Kier molecular flexibility index (Phi) is 10.6. The van der Waals surface area contributed by atoms with Gasteiger partial charge in [0.15, 0.2) is 6.61 Å². The summed E-state index contributed by atoms with van der Waals surface area (Å²) in [6.07, 6.45) is 5.59. The molecule has 1 fully saturated rings. The fraction of sp³-hybridized carbons (Fsp3) is 0.412. The molecule has 3 aromatic rings. The van der Waals surface area contributed by atoms with Crippen LogP contribution in [0.1, 0.15) is 69.6 Å². The van der Waals surface area contributed by atoms with E-state index in [9.17, 15) is 14.0 Å². The van der Waals surface area contributed by atoms with Crippen LogP contribution in [0.3, 0.4) is 0 Å². The summed E-state index contributed by atoms with van der Waals surface area (Å²) < 4.78 is 20.5. The summed E-state index contributed by atoms with van der Waals surface area (Å²) in [5.74, 6) is -0.290. The molecule has 0 aliphatic heterocycles. The highest BCUT2D eigenvalue weighted by Gasteiger charge is 2.32. The molecular weight excluding hydrogens is 583 g/mol. The SMILES string of the molecule is CC(C)(C)c1ccc(OCC(=O)N(Cc2ccc(F)cc2)[C@@H](Cc2ccccc2)C(=O)NC2CCCCC2)c(Br)c1. The molecule has 218 valence electrons. The van der Waals surface area contributed by atoms with Gasteiger partial charge in [0.1, 0.15) is 17.6 Å². The Morgan fingerprint density at radius 2 is 1.66 bits per heavy atom. The van der Waals surface area contributed by atoms with Gasteiger partial charge in [-0.1, -0.05) is 88.6 Å². The smallest absolute Gasteiger partial charge is 0.261 e. The van der Waals surface area contributed by atoms with Crippen LogP contribution < -0.4 is 10.1 Å². The predicted molar refractivity (Wildman–Crippen MR) is 164 cm³/mol. The second-order valence-electron chi connectivity index (χ2n) is 11.9. The molecule has 4 rings (SSSR count). The van der Waals surface area contributed by atoms with Gasteiger partial charge in [0.05, 0.1) is 4.47 Å². The maximum absolute atomic E-state index is 13.9. The van der Waals surface area contributed by atoms with Crippen LogP contribution in [0.2, 0.25) is 0 Å². The number of nitrogens with one attached hydrogen (secondary N) is 1. The van der Waals surface area contributed by atoms with Crippen molar-refractivity contribution >= 4 is 27.7 Å². The molecule has 1 aliphatic carbocycles. The van der Waals surface area contributed by atoms with Crippen LogP contribution >= 0.6 is 15.9 Å². The molecule has 1 atom stereocenters. The van der Waals surface area contributed by atoms with E-state index in [-0.39, 0.29) is 42.2 Å². The third-order valence-corrected chi connectivity index (χ3v) is 8.26. The van der Waals surface area contributed by atoms with Crippen LogP contribution in [0.4, 0.5) is 4.39 Å². The van der Waals surface area contributed by atoms with E-state index in [1.54, 1.807) is 17.0 Å². The van der Waals surface area contributed by atoms with E-state index >= 15 is 0 Å². The van der Waals surface area contributed by atoms with Crippen LogP contribution in [0, 0.1) is 5.82 Å². The van der Waals surface area contributed by atoms with Gasteiger partial charge in [0.25, 0.3) is 5.91 Å². The minimum atomic E-state index is -0.757. The third kappa shape index (κ3) is 8.90. The summed E-state index contributed by atoms with van der Waals surface area (Å²) in [6, 6.07) is 21.0. The number of halogens is 2. The van der Waals surface area contributed by atoms with Crippen LogP contribution in [-0.4, -0.2) is 35.4 Å². The van der Waals surface area contributed by atoms with Crippen molar-refractivity contribution in [3.05, 3.63) is 99.8 Å². The molecule has 3 aromatic carbocycles. The molecule has 1 saturated carbocycles. The minimum Gasteiger partial charge on any atom is -0.483 e. The van der Waals surface area contributed by atoms with Gasteiger partial charge >= 0.3 is 0 Å². The molecule has 0 aromatic heterocycles. The quantitative estimate of drug-likeness (QED) is 0.257. The Balaban J connectivity index is 1.60. The lowest BCUT2D eigenvalue weighted by molar-refractivity contribution is -0.143. The van der Waals surface area contributed by atoms with Crippen molar-refractivity contribution in [2.24, 2.45) is 0 Å². The van der Waals surface area contributed by atoms with Crippen molar-refractivity contribution in [2.75, 3.05) is 6.61 Å². The van der Waals surface area contributed by atoms with Crippen molar-refractivity contribution < 1.29 is 18.7 Å². The topological polar surface area (TPSA) is 58.6 Å². The highest BCUT2D eigenvalue weighted by Crippen LogP contribution is 2.31. The molecule has 0 unspecified atom stereocenters. The summed E-state index contributed by atoms with van der Waals surface area (Å²) >= 11 is 3.59. The Morgan fingerprint density at radius 3 is 2.29 bits per heavy atom. The molecule has 5 nitrogen and oxygen atoms in total. The van der Waals surface area contributed by atoms with E-state index in [2.05, 4.69) is 42.0 Å². The monoisotopic (exact) mass is 622 g/mol. The molecule has 0 bridgehead atoms. The Bertz CT molecular complexity index is 1300. The molecule has 0 saturated heterocycles. The molecule has 1 N–H and O–H groups in total. The van der Waals surface area contributed by atoms with Crippen molar-refractivity contribution in [3.8, 4) is 5.75 Å². The molecule has 0 radical (unpaired) electrons. The lowest BCUT2D eigenvalue weighted by atomic mass is 9.87. The fourth-order valence-corrected chi connectivity index (χ4v) is 5.68. The van der Waals surface area contributed by atoms with Gasteiger partial charge in [-0.15, -0.1) is 0 Å². The molecule has 0 heterocycles. The van der Waals surface area contributed by atoms with E-state index < -0.39 is 6.04 Å². The molecular formula is C34H40BrFN2O3. The average Bonchev–Trinajstić information content (AvgIpc) is 2.95. The number of benzene rings is 3.